The van der Waals surface area contributed by atoms with E-state index in [1.807, 2.05) is 19.0 Å². The fourth-order valence-electron chi connectivity index (χ4n) is 1.16. The molecule has 0 aromatic heterocycles. The number of carbonyl (C=O) groups is 1. The number of hydrogen-bond donors (Lipinski definition) is 1. The predicted octanol–water partition coefficient (Wildman–Crippen LogP) is -0.427. The number of hydrogen-bond acceptors (Lipinski definition) is 2. The van der Waals surface area contributed by atoms with E-state index in [-0.39, 0.29) is 6.03 Å². The van der Waals surface area contributed by atoms with Gasteiger partial charge in [-0.05, 0) is 7.05 Å². The molecule has 4 nitrogen and oxygen atoms in total. The Morgan fingerprint density at radius 1 is 1.55 bits per heavy atom. The first-order chi connectivity index (χ1) is 5.25. The summed E-state index contributed by atoms with van der Waals surface area (Å²) in [5, 5.41) is 3.02. The van der Waals surface area contributed by atoms with Crippen LogP contribution in [0.1, 0.15) is 0 Å². The van der Waals surface area contributed by atoms with Gasteiger partial charge in [-0.3, -0.25) is 0 Å². The van der Waals surface area contributed by atoms with Gasteiger partial charge in [-0.15, -0.1) is 0 Å². The van der Waals surface area contributed by atoms with Crippen LogP contribution in [0.2, 0.25) is 0 Å². The third-order valence-corrected chi connectivity index (χ3v) is 1.93. The molecule has 1 N–H and O–H groups in total. The highest BCUT2D eigenvalue weighted by Crippen LogP contribution is 2.03. The van der Waals surface area contributed by atoms with Gasteiger partial charge in [-0.1, -0.05) is 0 Å². The average molecular weight is 157 g/mol. The van der Waals surface area contributed by atoms with E-state index in [0.29, 0.717) is 0 Å². The summed E-state index contributed by atoms with van der Waals surface area (Å²) in [6.45, 7) is 3.43. The molecular formula is C7H15N3O. The molecule has 1 rings (SSSR count). The van der Waals surface area contributed by atoms with Crippen molar-refractivity contribution in [3.8, 4) is 0 Å². The largest absolute Gasteiger partial charge is 0.326 e. The van der Waals surface area contributed by atoms with Crippen molar-refractivity contribution in [3.05, 3.63) is 0 Å². The molecule has 1 aliphatic rings. The monoisotopic (exact) mass is 157 g/mol. The highest BCUT2D eigenvalue weighted by molar-refractivity contribution is 5.76. The number of amides is 2. The molecule has 2 amide bonds. The Hall–Kier alpha value is -0.770. The average Bonchev–Trinajstić information content (AvgIpc) is 2.31. The summed E-state index contributed by atoms with van der Waals surface area (Å²) >= 11 is 0. The molecule has 0 bridgehead atoms. The SMILES string of the molecule is CNCCN1CCN(C)C1=O. The molecule has 0 aromatic carbocycles. The molecule has 1 aliphatic heterocycles. The van der Waals surface area contributed by atoms with Crippen molar-refractivity contribution < 1.29 is 4.79 Å². The van der Waals surface area contributed by atoms with Crippen molar-refractivity contribution in [3.63, 3.8) is 0 Å². The van der Waals surface area contributed by atoms with Gasteiger partial charge in [0.2, 0.25) is 0 Å². The third-order valence-electron chi connectivity index (χ3n) is 1.93. The number of carbonyl (C=O) groups excluding carboxylic acids is 1. The van der Waals surface area contributed by atoms with Crippen LogP contribution in [0.3, 0.4) is 0 Å². The van der Waals surface area contributed by atoms with Gasteiger partial charge < -0.3 is 15.1 Å². The smallest absolute Gasteiger partial charge is 0.319 e. The van der Waals surface area contributed by atoms with Gasteiger partial charge in [-0.2, -0.15) is 0 Å². The maximum atomic E-state index is 11.2. The van der Waals surface area contributed by atoms with E-state index in [9.17, 15) is 4.79 Å². The van der Waals surface area contributed by atoms with Crippen molar-refractivity contribution >= 4 is 6.03 Å². The molecule has 0 radical (unpaired) electrons. The highest BCUT2D eigenvalue weighted by atomic mass is 16.2. The molecule has 0 saturated carbocycles. The van der Waals surface area contributed by atoms with E-state index < -0.39 is 0 Å². The molecule has 0 aromatic rings. The maximum Gasteiger partial charge on any atom is 0.319 e. The van der Waals surface area contributed by atoms with Crippen molar-refractivity contribution in [2.24, 2.45) is 0 Å². The second kappa shape index (κ2) is 3.57. The lowest BCUT2D eigenvalue weighted by Gasteiger charge is -2.14. The number of likely N-dealkylation sites (N-methyl/N-ethyl adjacent to an activating group) is 2. The molecule has 0 atom stereocenters. The quantitative estimate of drug-likeness (QED) is 0.603. The third kappa shape index (κ3) is 1.83. The summed E-state index contributed by atoms with van der Waals surface area (Å²) in [5.41, 5.74) is 0. The maximum absolute atomic E-state index is 11.2. The van der Waals surface area contributed by atoms with Gasteiger partial charge >= 0.3 is 6.03 Å². The van der Waals surface area contributed by atoms with Gasteiger partial charge in [0.25, 0.3) is 0 Å². The number of nitrogens with zero attached hydrogens (tertiary/aromatic N) is 2. The molecule has 0 spiro atoms. The van der Waals surface area contributed by atoms with Crippen molar-refractivity contribution in [2.75, 3.05) is 40.3 Å². The minimum atomic E-state index is 0.153. The Morgan fingerprint density at radius 3 is 2.73 bits per heavy atom. The molecule has 0 unspecified atom stereocenters. The summed E-state index contributed by atoms with van der Waals surface area (Å²) in [6, 6.07) is 0.153. The zero-order valence-electron chi connectivity index (χ0n) is 7.13. The molecule has 1 heterocycles. The number of urea groups is 1. The van der Waals surface area contributed by atoms with Crippen LogP contribution < -0.4 is 5.32 Å². The van der Waals surface area contributed by atoms with Gasteiger partial charge in [0.1, 0.15) is 0 Å². The predicted molar refractivity (Wildman–Crippen MR) is 43.5 cm³/mol. The molecule has 1 saturated heterocycles. The van der Waals surface area contributed by atoms with Crippen LogP contribution in [-0.2, 0) is 0 Å². The lowest BCUT2D eigenvalue weighted by molar-refractivity contribution is 0.199. The van der Waals surface area contributed by atoms with E-state index in [1.165, 1.54) is 0 Å². The Kier molecular flexibility index (Phi) is 2.70. The Labute approximate surface area is 67.2 Å². The molecule has 64 valence electrons. The highest BCUT2D eigenvalue weighted by Gasteiger charge is 2.23. The van der Waals surface area contributed by atoms with Crippen molar-refractivity contribution in [2.45, 2.75) is 0 Å². The molecule has 11 heavy (non-hydrogen) atoms. The lowest BCUT2D eigenvalue weighted by atomic mass is 10.5. The molecule has 1 fully saturated rings. The Bertz CT molecular complexity index is 149. The minimum absolute atomic E-state index is 0.153. The fraction of sp³-hybridized carbons (Fsp3) is 0.857. The van der Waals surface area contributed by atoms with Gasteiger partial charge in [0.05, 0.1) is 0 Å². The fourth-order valence-corrected chi connectivity index (χ4v) is 1.16. The van der Waals surface area contributed by atoms with Crippen LogP contribution in [0, 0.1) is 0 Å². The zero-order valence-corrected chi connectivity index (χ0v) is 7.13. The normalized spacial score (nSPS) is 18.2. The van der Waals surface area contributed by atoms with E-state index in [1.54, 1.807) is 4.90 Å². The summed E-state index contributed by atoms with van der Waals surface area (Å²) in [7, 11) is 3.73. The Balaban J connectivity index is 2.30. The van der Waals surface area contributed by atoms with Crippen molar-refractivity contribution in [1.29, 1.82) is 0 Å². The molecular weight excluding hydrogens is 142 g/mol. The summed E-state index contributed by atoms with van der Waals surface area (Å²) < 4.78 is 0. The second-order valence-corrected chi connectivity index (χ2v) is 2.79. The van der Waals surface area contributed by atoms with Crippen LogP contribution in [0.15, 0.2) is 0 Å². The van der Waals surface area contributed by atoms with Crippen LogP contribution in [0.4, 0.5) is 4.79 Å². The van der Waals surface area contributed by atoms with Crippen LogP contribution in [0.5, 0.6) is 0 Å². The molecule has 0 aliphatic carbocycles. The first-order valence-corrected chi connectivity index (χ1v) is 3.90. The topological polar surface area (TPSA) is 35.6 Å². The standard InChI is InChI=1S/C7H15N3O/c1-8-3-4-10-6-5-9(2)7(10)11/h8H,3-6H2,1-2H3. The Morgan fingerprint density at radius 2 is 2.27 bits per heavy atom. The van der Waals surface area contributed by atoms with Gasteiger partial charge in [-0.25, -0.2) is 4.79 Å². The van der Waals surface area contributed by atoms with Crippen LogP contribution >= 0.6 is 0 Å². The summed E-state index contributed by atoms with van der Waals surface area (Å²) in [6.07, 6.45) is 0. The van der Waals surface area contributed by atoms with E-state index in [0.717, 1.165) is 26.2 Å². The van der Waals surface area contributed by atoms with E-state index >= 15 is 0 Å². The number of rotatable bonds is 3. The van der Waals surface area contributed by atoms with E-state index in [4.69, 9.17) is 0 Å². The lowest BCUT2D eigenvalue weighted by Crippen LogP contribution is -2.34. The van der Waals surface area contributed by atoms with Crippen LogP contribution in [-0.4, -0.2) is 56.1 Å². The first kappa shape index (κ1) is 8.33. The number of nitrogens with one attached hydrogen (secondary N) is 1. The first-order valence-electron chi connectivity index (χ1n) is 3.90. The van der Waals surface area contributed by atoms with Gasteiger partial charge in [0.15, 0.2) is 0 Å². The van der Waals surface area contributed by atoms with Crippen LogP contribution in [0.25, 0.3) is 0 Å². The zero-order chi connectivity index (χ0) is 8.27. The minimum Gasteiger partial charge on any atom is -0.326 e. The summed E-state index contributed by atoms with van der Waals surface area (Å²) in [5.74, 6) is 0. The summed E-state index contributed by atoms with van der Waals surface area (Å²) in [4.78, 5) is 14.8. The van der Waals surface area contributed by atoms with E-state index in [2.05, 4.69) is 5.32 Å². The van der Waals surface area contributed by atoms with Crippen molar-refractivity contribution in [1.82, 2.24) is 15.1 Å². The van der Waals surface area contributed by atoms with Gasteiger partial charge in [0, 0.05) is 33.2 Å². The molecule has 4 heteroatoms. The second-order valence-electron chi connectivity index (χ2n) is 2.79.